The highest BCUT2D eigenvalue weighted by Gasteiger charge is 2.07. The van der Waals surface area contributed by atoms with Gasteiger partial charge in [-0.15, -0.1) is 0 Å². The standard InChI is InChI=1S/C15H24O/c1-11(2)8-13-6-7-14(9-12(3)4)15(10-13)16-5/h6-7,10-12H,8-9H2,1-5H3. The number of hydrogen-bond acceptors (Lipinski definition) is 1. The van der Waals surface area contributed by atoms with Gasteiger partial charge in [-0.1, -0.05) is 39.8 Å². The third kappa shape index (κ3) is 3.88. The summed E-state index contributed by atoms with van der Waals surface area (Å²) in [5.41, 5.74) is 2.70. The van der Waals surface area contributed by atoms with E-state index in [1.165, 1.54) is 11.1 Å². The topological polar surface area (TPSA) is 9.23 Å². The van der Waals surface area contributed by atoms with E-state index < -0.39 is 0 Å². The average molecular weight is 220 g/mol. The molecule has 0 atom stereocenters. The van der Waals surface area contributed by atoms with Gasteiger partial charge >= 0.3 is 0 Å². The normalized spacial score (nSPS) is 11.2. The van der Waals surface area contributed by atoms with Crippen LogP contribution in [0.1, 0.15) is 38.8 Å². The van der Waals surface area contributed by atoms with Crippen molar-refractivity contribution in [2.75, 3.05) is 7.11 Å². The van der Waals surface area contributed by atoms with Crippen LogP contribution in [0.15, 0.2) is 18.2 Å². The monoisotopic (exact) mass is 220 g/mol. The predicted octanol–water partition coefficient (Wildman–Crippen LogP) is 4.09. The lowest BCUT2D eigenvalue weighted by Crippen LogP contribution is -2.00. The summed E-state index contributed by atoms with van der Waals surface area (Å²) < 4.78 is 5.47. The van der Waals surface area contributed by atoms with Crippen LogP contribution in [0.3, 0.4) is 0 Å². The molecule has 1 aromatic carbocycles. The van der Waals surface area contributed by atoms with E-state index in [1.54, 1.807) is 7.11 Å². The van der Waals surface area contributed by atoms with Crippen molar-refractivity contribution in [2.45, 2.75) is 40.5 Å². The summed E-state index contributed by atoms with van der Waals surface area (Å²) in [7, 11) is 1.76. The van der Waals surface area contributed by atoms with E-state index in [0.717, 1.165) is 18.6 Å². The third-order valence-corrected chi connectivity index (χ3v) is 2.62. The highest BCUT2D eigenvalue weighted by molar-refractivity contribution is 5.38. The van der Waals surface area contributed by atoms with E-state index in [9.17, 15) is 0 Å². The van der Waals surface area contributed by atoms with Crippen LogP contribution in [0.4, 0.5) is 0 Å². The van der Waals surface area contributed by atoms with Crippen LogP contribution in [0.25, 0.3) is 0 Å². The smallest absolute Gasteiger partial charge is 0.122 e. The molecule has 0 aliphatic heterocycles. The first-order valence-electron chi connectivity index (χ1n) is 6.18. The molecule has 0 heterocycles. The summed E-state index contributed by atoms with van der Waals surface area (Å²) in [6.07, 6.45) is 2.21. The summed E-state index contributed by atoms with van der Waals surface area (Å²) in [5, 5.41) is 0. The molecule has 1 aromatic rings. The van der Waals surface area contributed by atoms with Crippen molar-refractivity contribution in [3.63, 3.8) is 0 Å². The SMILES string of the molecule is COc1cc(CC(C)C)ccc1CC(C)C. The molecule has 0 aliphatic carbocycles. The van der Waals surface area contributed by atoms with Gasteiger partial charge in [0.05, 0.1) is 7.11 Å². The largest absolute Gasteiger partial charge is 0.496 e. The molecule has 0 radical (unpaired) electrons. The van der Waals surface area contributed by atoms with E-state index in [1.807, 2.05) is 0 Å². The number of benzene rings is 1. The van der Waals surface area contributed by atoms with Crippen LogP contribution in [0, 0.1) is 11.8 Å². The van der Waals surface area contributed by atoms with Gasteiger partial charge in [-0.2, -0.15) is 0 Å². The van der Waals surface area contributed by atoms with Gasteiger partial charge < -0.3 is 4.74 Å². The van der Waals surface area contributed by atoms with Crippen LogP contribution in [-0.2, 0) is 12.8 Å². The Morgan fingerprint density at radius 1 is 1.00 bits per heavy atom. The Morgan fingerprint density at radius 3 is 2.12 bits per heavy atom. The first-order chi connectivity index (χ1) is 7.52. The molecule has 0 N–H and O–H groups in total. The lowest BCUT2D eigenvalue weighted by Gasteiger charge is -2.13. The van der Waals surface area contributed by atoms with Crippen LogP contribution in [0.2, 0.25) is 0 Å². The molecule has 0 fully saturated rings. The molecule has 0 amide bonds. The molecule has 90 valence electrons. The second kappa shape index (κ2) is 5.93. The molecular formula is C15H24O. The van der Waals surface area contributed by atoms with Gasteiger partial charge in [-0.25, -0.2) is 0 Å². The van der Waals surface area contributed by atoms with Crippen molar-refractivity contribution >= 4 is 0 Å². The first kappa shape index (κ1) is 13.1. The van der Waals surface area contributed by atoms with Gasteiger partial charge in [-0.3, -0.25) is 0 Å². The second-order valence-corrected chi connectivity index (χ2v) is 5.34. The second-order valence-electron chi connectivity index (χ2n) is 5.34. The number of ether oxygens (including phenoxy) is 1. The summed E-state index contributed by atoms with van der Waals surface area (Å²) in [4.78, 5) is 0. The number of rotatable bonds is 5. The van der Waals surface area contributed by atoms with Gasteiger partial charge in [0.15, 0.2) is 0 Å². The van der Waals surface area contributed by atoms with Gasteiger partial charge in [0, 0.05) is 0 Å². The van der Waals surface area contributed by atoms with Crippen LogP contribution in [0.5, 0.6) is 5.75 Å². The third-order valence-electron chi connectivity index (χ3n) is 2.62. The fourth-order valence-electron chi connectivity index (χ4n) is 2.00. The maximum atomic E-state index is 5.47. The molecule has 0 saturated carbocycles. The van der Waals surface area contributed by atoms with Crippen LogP contribution < -0.4 is 4.74 Å². The predicted molar refractivity (Wildman–Crippen MR) is 70.1 cm³/mol. The zero-order valence-corrected chi connectivity index (χ0v) is 11.2. The van der Waals surface area contributed by atoms with Crippen molar-refractivity contribution in [1.82, 2.24) is 0 Å². The summed E-state index contributed by atoms with van der Waals surface area (Å²) in [5.74, 6) is 2.41. The van der Waals surface area contributed by atoms with E-state index >= 15 is 0 Å². The Balaban J connectivity index is 2.88. The highest BCUT2D eigenvalue weighted by Crippen LogP contribution is 2.24. The van der Waals surface area contributed by atoms with Gasteiger partial charge in [0.1, 0.15) is 5.75 Å². The quantitative estimate of drug-likeness (QED) is 0.726. The van der Waals surface area contributed by atoms with Crippen molar-refractivity contribution in [2.24, 2.45) is 11.8 Å². The zero-order chi connectivity index (χ0) is 12.1. The van der Waals surface area contributed by atoms with Gasteiger partial charge in [0.25, 0.3) is 0 Å². The van der Waals surface area contributed by atoms with E-state index in [2.05, 4.69) is 45.9 Å². The molecule has 0 aliphatic rings. The van der Waals surface area contributed by atoms with E-state index in [-0.39, 0.29) is 0 Å². The van der Waals surface area contributed by atoms with Crippen molar-refractivity contribution < 1.29 is 4.74 Å². The fourth-order valence-corrected chi connectivity index (χ4v) is 2.00. The minimum absolute atomic E-state index is 0.671. The lowest BCUT2D eigenvalue weighted by molar-refractivity contribution is 0.406. The summed E-state index contributed by atoms with van der Waals surface area (Å²) >= 11 is 0. The molecule has 0 aromatic heterocycles. The van der Waals surface area contributed by atoms with E-state index in [4.69, 9.17) is 4.74 Å². The maximum absolute atomic E-state index is 5.47. The first-order valence-corrected chi connectivity index (χ1v) is 6.18. The molecule has 0 spiro atoms. The van der Waals surface area contributed by atoms with Crippen molar-refractivity contribution in [1.29, 1.82) is 0 Å². The van der Waals surface area contributed by atoms with Gasteiger partial charge in [0.2, 0.25) is 0 Å². The highest BCUT2D eigenvalue weighted by atomic mass is 16.5. The molecule has 0 unspecified atom stereocenters. The Hall–Kier alpha value is -0.980. The average Bonchev–Trinajstić information content (AvgIpc) is 2.18. The molecule has 0 saturated heterocycles. The van der Waals surface area contributed by atoms with Crippen molar-refractivity contribution in [3.05, 3.63) is 29.3 Å². The van der Waals surface area contributed by atoms with Crippen LogP contribution >= 0.6 is 0 Å². The Morgan fingerprint density at radius 2 is 1.62 bits per heavy atom. The summed E-state index contributed by atoms with van der Waals surface area (Å²) in [6, 6.07) is 6.65. The molecular weight excluding hydrogens is 196 g/mol. The Labute approximate surface area is 99.8 Å². The number of hydrogen-bond donors (Lipinski definition) is 0. The van der Waals surface area contributed by atoms with Gasteiger partial charge in [-0.05, 0) is 41.9 Å². The Kier molecular flexibility index (Phi) is 4.85. The fraction of sp³-hybridized carbons (Fsp3) is 0.600. The Bertz CT molecular complexity index is 326. The van der Waals surface area contributed by atoms with Crippen molar-refractivity contribution in [3.8, 4) is 5.75 Å². The molecule has 1 rings (SSSR count). The zero-order valence-electron chi connectivity index (χ0n) is 11.2. The van der Waals surface area contributed by atoms with E-state index in [0.29, 0.717) is 11.8 Å². The minimum Gasteiger partial charge on any atom is -0.496 e. The minimum atomic E-state index is 0.671. The molecule has 16 heavy (non-hydrogen) atoms. The molecule has 1 heteroatoms. The van der Waals surface area contributed by atoms with Crippen LogP contribution in [-0.4, -0.2) is 7.11 Å². The summed E-state index contributed by atoms with van der Waals surface area (Å²) in [6.45, 7) is 8.96. The number of methoxy groups -OCH3 is 1. The molecule has 1 nitrogen and oxygen atoms in total. The molecule has 0 bridgehead atoms. The maximum Gasteiger partial charge on any atom is 0.122 e. The lowest BCUT2D eigenvalue weighted by atomic mass is 9.97.